The fourth-order valence-corrected chi connectivity index (χ4v) is 3.50. The molecule has 24 heavy (non-hydrogen) atoms. The summed E-state index contributed by atoms with van der Waals surface area (Å²) in [5.74, 6) is -0.259. The lowest BCUT2D eigenvalue weighted by Gasteiger charge is -2.05. The Bertz CT molecular complexity index is 726. The number of amides is 1. The fraction of sp³-hybridized carbons (Fsp3) is 0.500. The van der Waals surface area contributed by atoms with E-state index in [0.29, 0.717) is 15.7 Å². The van der Waals surface area contributed by atoms with Crippen LogP contribution in [0.3, 0.4) is 0 Å². The Morgan fingerprint density at radius 2 is 2.21 bits per heavy atom. The molecule has 0 aliphatic heterocycles. The smallest absolute Gasteiger partial charge is 0.341 e. The summed E-state index contributed by atoms with van der Waals surface area (Å²) in [5.41, 5.74) is 0.393. The summed E-state index contributed by atoms with van der Waals surface area (Å²) >= 11 is 2.61. The molecule has 1 N–H and O–H groups in total. The molecule has 0 aliphatic carbocycles. The molecule has 0 unspecified atom stereocenters. The van der Waals surface area contributed by atoms with Gasteiger partial charge in [-0.25, -0.2) is 9.48 Å². The molecule has 0 aliphatic rings. The van der Waals surface area contributed by atoms with E-state index in [-0.39, 0.29) is 24.2 Å². The van der Waals surface area contributed by atoms with Crippen LogP contribution in [0.2, 0.25) is 0 Å². The third kappa shape index (κ3) is 4.54. The standard InChI is InChI=1S/C14H19N5O3S2/c1-5-22-13(21)9-6-10(8(2)3)24-12(9)15-11(20)7-23-14-16-17-18-19(14)4/h6,8H,5,7H2,1-4H3,(H,15,20). The minimum atomic E-state index is -0.430. The van der Waals surface area contributed by atoms with Crippen LogP contribution in [0.4, 0.5) is 5.00 Å². The number of nitrogens with one attached hydrogen (secondary N) is 1. The molecule has 0 saturated heterocycles. The van der Waals surface area contributed by atoms with Crippen LogP contribution in [0.15, 0.2) is 11.2 Å². The highest BCUT2D eigenvalue weighted by atomic mass is 32.2. The number of ether oxygens (including phenoxy) is 1. The van der Waals surface area contributed by atoms with Gasteiger partial charge < -0.3 is 10.1 Å². The normalized spacial score (nSPS) is 10.9. The van der Waals surface area contributed by atoms with Crippen molar-refractivity contribution in [1.82, 2.24) is 20.2 Å². The van der Waals surface area contributed by atoms with Crippen molar-refractivity contribution in [2.24, 2.45) is 7.05 Å². The highest BCUT2D eigenvalue weighted by Crippen LogP contribution is 2.33. The van der Waals surface area contributed by atoms with Gasteiger partial charge >= 0.3 is 5.97 Å². The zero-order valence-electron chi connectivity index (χ0n) is 13.9. The van der Waals surface area contributed by atoms with E-state index in [0.717, 1.165) is 4.88 Å². The first-order valence-corrected chi connectivity index (χ1v) is 9.18. The van der Waals surface area contributed by atoms with E-state index in [1.165, 1.54) is 27.8 Å². The van der Waals surface area contributed by atoms with E-state index >= 15 is 0 Å². The highest BCUT2D eigenvalue weighted by molar-refractivity contribution is 7.99. The second kappa shape index (κ2) is 8.25. The molecule has 0 saturated carbocycles. The molecule has 130 valence electrons. The quantitative estimate of drug-likeness (QED) is 0.590. The Balaban J connectivity index is 2.08. The van der Waals surface area contributed by atoms with E-state index in [1.54, 1.807) is 20.0 Å². The molecule has 1 amide bonds. The van der Waals surface area contributed by atoms with Gasteiger partial charge in [-0.05, 0) is 29.3 Å². The molecular weight excluding hydrogens is 350 g/mol. The molecule has 2 heterocycles. The van der Waals surface area contributed by atoms with Gasteiger partial charge in [-0.15, -0.1) is 16.4 Å². The van der Waals surface area contributed by atoms with Crippen LogP contribution in [0.5, 0.6) is 0 Å². The lowest BCUT2D eigenvalue weighted by Crippen LogP contribution is -2.16. The number of carbonyl (C=O) groups excluding carboxylic acids is 2. The topological polar surface area (TPSA) is 99.0 Å². The number of thioether (sulfide) groups is 1. The fourth-order valence-electron chi connectivity index (χ4n) is 1.78. The van der Waals surface area contributed by atoms with Gasteiger partial charge in [0.25, 0.3) is 0 Å². The number of anilines is 1. The number of rotatable bonds is 7. The number of aromatic nitrogens is 4. The van der Waals surface area contributed by atoms with Crippen LogP contribution in [0.25, 0.3) is 0 Å². The molecule has 0 radical (unpaired) electrons. The summed E-state index contributed by atoms with van der Waals surface area (Å²) in [4.78, 5) is 25.3. The number of tetrazole rings is 1. The predicted octanol–water partition coefficient (Wildman–Crippen LogP) is 2.30. The van der Waals surface area contributed by atoms with Gasteiger partial charge in [-0.3, -0.25) is 4.79 Å². The third-order valence-electron chi connectivity index (χ3n) is 2.98. The Morgan fingerprint density at radius 1 is 1.46 bits per heavy atom. The molecule has 8 nitrogen and oxygen atoms in total. The Kier molecular flexibility index (Phi) is 6.32. The van der Waals surface area contributed by atoms with Gasteiger partial charge in [0.05, 0.1) is 17.9 Å². The van der Waals surface area contributed by atoms with Crippen LogP contribution >= 0.6 is 23.1 Å². The number of hydrogen-bond donors (Lipinski definition) is 1. The van der Waals surface area contributed by atoms with Crippen LogP contribution in [-0.4, -0.2) is 44.4 Å². The first kappa shape index (κ1) is 18.4. The van der Waals surface area contributed by atoms with E-state index in [9.17, 15) is 9.59 Å². The summed E-state index contributed by atoms with van der Waals surface area (Å²) in [7, 11) is 1.70. The van der Waals surface area contributed by atoms with Crippen molar-refractivity contribution in [3.8, 4) is 0 Å². The zero-order chi connectivity index (χ0) is 17.7. The summed E-state index contributed by atoms with van der Waals surface area (Å²) in [6, 6.07) is 1.78. The first-order valence-electron chi connectivity index (χ1n) is 7.38. The third-order valence-corrected chi connectivity index (χ3v) is 5.34. The van der Waals surface area contributed by atoms with E-state index in [4.69, 9.17) is 4.74 Å². The predicted molar refractivity (Wildman–Crippen MR) is 92.5 cm³/mol. The van der Waals surface area contributed by atoms with Crippen molar-refractivity contribution in [1.29, 1.82) is 0 Å². The lowest BCUT2D eigenvalue weighted by atomic mass is 10.1. The molecule has 0 fully saturated rings. The van der Waals surface area contributed by atoms with Crippen molar-refractivity contribution in [3.63, 3.8) is 0 Å². The van der Waals surface area contributed by atoms with Gasteiger partial charge in [0.2, 0.25) is 11.1 Å². The Hall–Kier alpha value is -1.94. The Morgan fingerprint density at radius 3 is 2.79 bits per heavy atom. The second-order valence-corrected chi connectivity index (χ2v) is 7.21. The zero-order valence-corrected chi connectivity index (χ0v) is 15.5. The van der Waals surface area contributed by atoms with Gasteiger partial charge in [-0.1, -0.05) is 25.6 Å². The SMILES string of the molecule is CCOC(=O)c1cc(C(C)C)sc1NC(=O)CSc1nnnn1C. The molecule has 2 aromatic heterocycles. The van der Waals surface area contributed by atoms with Crippen molar-refractivity contribution in [3.05, 3.63) is 16.5 Å². The highest BCUT2D eigenvalue weighted by Gasteiger charge is 2.20. The molecule has 0 spiro atoms. The monoisotopic (exact) mass is 369 g/mol. The summed E-state index contributed by atoms with van der Waals surface area (Å²) in [5, 5.41) is 14.9. The maximum Gasteiger partial charge on any atom is 0.341 e. The average Bonchev–Trinajstić information content (AvgIpc) is 3.12. The molecule has 0 aromatic carbocycles. The minimum Gasteiger partial charge on any atom is -0.462 e. The van der Waals surface area contributed by atoms with Gasteiger partial charge in [0.15, 0.2) is 0 Å². The lowest BCUT2D eigenvalue weighted by molar-refractivity contribution is -0.113. The summed E-state index contributed by atoms with van der Waals surface area (Å²) in [6.07, 6.45) is 0. The number of hydrogen-bond acceptors (Lipinski definition) is 8. The molecular formula is C14H19N5O3S2. The molecule has 10 heteroatoms. The second-order valence-electron chi connectivity index (χ2n) is 5.19. The van der Waals surface area contributed by atoms with Crippen LogP contribution < -0.4 is 5.32 Å². The maximum atomic E-state index is 12.2. The van der Waals surface area contributed by atoms with Crippen molar-refractivity contribution in [2.75, 3.05) is 17.7 Å². The largest absolute Gasteiger partial charge is 0.462 e. The van der Waals surface area contributed by atoms with Crippen LogP contribution in [0, 0.1) is 0 Å². The van der Waals surface area contributed by atoms with E-state index in [1.807, 2.05) is 13.8 Å². The van der Waals surface area contributed by atoms with E-state index < -0.39 is 5.97 Å². The molecule has 2 rings (SSSR count). The van der Waals surface area contributed by atoms with Gasteiger partial charge in [-0.2, -0.15) is 0 Å². The number of esters is 1. The molecule has 0 bridgehead atoms. The summed E-state index contributed by atoms with van der Waals surface area (Å²) < 4.78 is 6.55. The minimum absolute atomic E-state index is 0.144. The van der Waals surface area contributed by atoms with Crippen molar-refractivity contribution in [2.45, 2.75) is 31.8 Å². The average molecular weight is 369 g/mol. The number of thiophene rings is 1. The molecule has 2 aromatic rings. The van der Waals surface area contributed by atoms with Gasteiger partial charge in [0.1, 0.15) is 5.00 Å². The van der Waals surface area contributed by atoms with Gasteiger partial charge in [0, 0.05) is 11.9 Å². The van der Waals surface area contributed by atoms with E-state index in [2.05, 4.69) is 20.8 Å². The number of nitrogens with zero attached hydrogens (tertiary/aromatic N) is 4. The first-order chi connectivity index (χ1) is 11.4. The van der Waals surface area contributed by atoms with Crippen LogP contribution in [-0.2, 0) is 16.6 Å². The maximum absolute atomic E-state index is 12.2. The Labute approximate surface area is 148 Å². The van der Waals surface area contributed by atoms with Crippen molar-refractivity contribution < 1.29 is 14.3 Å². The van der Waals surface area contributed by atoms with Crippen molar-refractivity contribution >= 4 is 40.0 Å². The van der Waals surface area contributed by atoms with Crippen LogP contribution in [0.1, 0.15) is 41.9 Å². The molecule has 0 atom stereocenters. The summed E-state index contributed by atoms with van der Waals surface area (Å²) in [6.45, 7) is 6.10. The number of carbonyl (C=O) groups is 2. The number of aryl methyl sites for hydroxylation is 1.